The molecular formula is C14H18N8S. The number of hydrogen-bond acceptors (Lipinski definition) is 9. The molecule has 0 amide bonds. The summed E-state index contributed by atoms with van der Waals surface area (Å²) < 4.78 is 0. The summed E-state index contributed by atoms with van der Waals surface area (Å²) in [6, 6.07) is 1.81. The molecule has 120 valence electrons. The summed E-state index contributed by atoms with van der Waals surface area (Å²) in [6.45, 7) is 0.473. The topological polar surface area (TPSA) is 150 Å². The van der Waals surface area contributed by atoms with Gasteiger partial charge < -0.3 is 32.9 Å². The van der Waals surface area contributed by atoms with Crippen molar-refractivity contribution >= 4 is 46.7 Å². The molecule has 0 aliphatic rings. The molecule has 2 aromatic rings. The van der Waals surface area contributed by atoms with Crippen molar-refractivity contribution in [3.8, 4) is 0 Å². The average Bonchev–Trinajstić information content (AvgIpc) is 2.92. The number of allylic oxidation sites excluding steroid dienone is 1. The van der Waals surface area contributed by atoms with Crippen LogP contribution in [0.4, 0.5) is 17.3 Å². The summed E-state index contributed by atoms with van der Waals surface area (Å²) in [5.74, 6) is 0.717. The molecule has 0 saturated heterocycles. The molecule has 9 heteroatoms. The van der Waals surface area contributed by atoms with E-state index in [0.29, 0.717) is 29.3 Å². The van der Waals surface area contributed by atoms with E-state index in [-0.39, 0.29) is 5.82 Å². The van der Waals surface area contributed by atoms with Crippen molar-refractivity contribution in [1.82, 2.24) is 15.3 Å². The summed E-state index contributed by atoms with van der Waals surface area (Å²) in [6.07, 6.45) is 5.60. The molecule has 0 unspecified atom stereocenters. The van der Waals surface area contributed by atoms with Crippen LogP contribution in [0.15, 0.2) is 18.5 Å². The summed E-state index contributed by atoms with van der Waals surface area (Å²) in [7, 11) is 1.75. The van der Waals surface area contributed by atoms with E-state index in [1.807, 2.05) is 6.07 Å². The number of anilines is 3. The molecule has 0 aliphatic heterocycles. The second-order valence-corrected chi connectivity index (χ2v) is 5.72. The largest absolute Gasteiger partial charge is 0.398 e. The van der Waals surface area contributed by atoms with Gasteiger partial charge in [0, 0.05) is 36.1 Å². The van der Waals surface area contributed by atoms with Crippen molar-refractivity contribution < 1.29 is 0 Å². The molecule has 0 atom stereocenters. The van der Waals surface area contributed by atoms with Gasteiger partial charge in [0.05, 0.1) is 29.0 Å². The maximum Gasteiger partial charge on any atom is 0.169 e. The van der Waals surface area contributed by atoms with Gasteiger partial charge in [-0.3, -0.25) is 0 Å². The van der Waals surface area contributed by atoms with E-state index >= 15 is 0 Å². The molecule has 0 aromatic carbocycles. The minimum Gasteiger partial charge on any atom is -0.398 e. The zero-order chi connectivity index (χ0) is 16.8. The smallest absolute Gasteiger partial charge is 0.169 e. The van der Waals surface area contributed by atoms with Crippen LogP contribution >= 0.6 is 11.3 Å². The van der Waals surface area contributed by atoms with Crippen molar-refractivity contribution in [2.45, 2.75) is 6.54 Å². The van der Waals surface area contributed by atoms with Crippen molar-refractivity contribution in [3.63, 3.8) is 0 Å². The van der Waals surface area contributed by atoms with E-state index in [4.69, 9.17) is 22.3 Å². The Morgan fingerprint density at radius 2 is 2.17 bits per heavy atom. The van der Waals surface area contributed by atoms with Gasteiger partial charge in [0.2, 0.25) is 0 Å². The minimum absolute atomic E-state index is 0.277. The summed E-state index contributed by atoms with van der Waals surface area (Å²) in [5, 5.41) is 20.7. The quantitative estimate of drug-likeness (QED) is 0.424. The summed E-state index contributed by atoms with van der Waals surface area (Å²) in [4.78, 5) is 10.2. The number of nitrogens with zero attached hydrogens (tertiary/aromatic N) is 2. The first-order chi connectivity index (χ1) is 11.1. The number of nitrogens with two attached hydrogens (primary N) is 2. The van der Waals surface area contributed by atoms with E-state index in [0.717, 1.165) is 9.75 Å². The molecule has 0 bridgehead atoms. The zero-order valence-corrected chi connectivity index (χ0v) is 13.4. The number of aromatic nitrogens is 2. The highest BCUT2D eigenvalue weighted by atomic mass is 32.1. The fourth-order valence-electron chi connectivity index (χ4n) is 1.86. The lowest BCUT2D eigenvalue weighted by Gasteiger charge is -2.09. The molecule has 8 nitrogen and oxygen atoms in total. The number of thiophene rings is 1. The normalized spacial score (nSPS) is 11.1. The Hall–Kier alpha value is -2.94. The van der Waals surface area contributed by atoms with Crippen LogP contribution in [0, 0.1) is 10.8 Å². The van der Waals surface area contributed by atoms with Crippen LogP contribution in [0.25, 0.3) is 5.57 Å². The van der Waals surface area contributed by atoms with Crippen LogP contribution in [-0.4, -0.2) is 29.4 Å². The third-order valence-electron chi connectivity index (χ3n) is 2.96. The van der Waals surface area contributed by atoms with Crippen molar-refractivity contribution in [3.05, 3.63) is 33.9 Å². The molecule has 2 heterocycles. The van der Waals surface area contributed by atoms with E-state index in [1.54, 1.807) is 13.2 Å². The maximum atomic E-state index is 7.42. The zero-order valence-electron chi connectivity index (χ0n) is 12.6. The monoisotopic (exact) mass is 330 g/mol. The fourth-order valence-corrected chi connectivity index (χ4v) is 2.71. The van der Waals surface area contributed by atoms with Crippen molar-refractivity contribution in [2.75, 3.05) is 23.8 Å². The first kappa shape index (κ1) is 16.4. The van der Waals surface area contributed by atoms with Crippen LogP contribution in [0.5, 0.6) is 0 Å². The molecule has 0 spiro atoms. The van der Waals surface area contributed by atoms with Crippen LogP contribution < -0.4 is 22.1 Å². The van der Waals surface area contributed by atoms with Crippen molar-refractivity contribution in [1.29, 1.82) is 10.8 Å². The van der Waals surface area contributed by atoms with Crippen LogP contribution in [0.2, 0.25) is 0 Å². The molecule has 0 aliphatic carbocycles. The minimum atomic E-state index is 0.277. The van der Waals surface area contributed by atoms with Crippen LogP contribution in [-0.2, 0) is 6.54 Å². The molecule has 23 heavy (non-hydrogen) atoms. The standard InChI is InChI=1S/C14H18N8S/c1-19-5-8(3-15)11-7-20-13(18)14(22-11)21-6-9-2-10(17)12(4-16)23-9/h2-5,7,15-16,19H,6,17H2,1H3,(H2,18,20)(H,21,22)/b8-5+,15-3?,16-4?. The Morgan fingerprint density at radius 3 is 2.78 bits per heavy atom. The number of nitrogen functional groups attached to an aromatic ring is 2. The molecule has 0 saturated carbocycles. The van der Waals surface area contributed by atoms with Gasteiger partial charge in [-0.15, -0.1) is 11.3 Å². The lowest BCUT2D eigenvalue weighted by atomic mass is 10.2. The first-order valence-corrected chi connectivity index (χ1v) is 7.54. The number of hydrogen-bond donors (Lipinski definition) is 6. The van der Waals surface area contributed by atoms with Gasteiger partial charge >= 0.3 is 0 Å². The van der Waals surface area contributed by atoms with Gasteiger partial charge in [-0.1, -0.05) is 0 Å². The van der Waals surface area contributed by atoms with E-state index in [1.165, 1.54) is 30.0 Å². The van der Waals surface area contributed by atoms with Crippen LogP contribution in [0.3, 0.4) is 0 Å². The molecule has 0 radical (unpaired) electrons. The van der Waals surface area contributed by atoms with E-state index in [2.05, 4.69) is 20.6 Å². The summed E-state index contributed by atoms with van der Waals surface area (Å²) in [5.41, 5.74) is 13.4. The van der Waals surface area contributed by atoms with Gasteiger partial charge in [-0.2, -0.15) is 0 Å². The third-order valence-corrected chi connectivity index (χ3v) is 4.05. The maximum absolute atomic E-state index is 7.42. The van der Waals surface area contributed by atoms with Crippen LogP contribution in [0.1, 0.15) is 15.4 Å². The molecule has 0 fully saturated rings. The van der Waals surface area contributed by atoms with Gasteiger partial charge in [-0.05, 0) is 6.07 Å². The second kappa shape index (κ2) is 7.36. The van der Waals surface area contributed by atoms with Gasteiger partial charge in [0.1, 0.15) is 0 Å². The van der Waals surface area contributed by atoms with Crippen molar-refractivity contribution in [2.24, 2.45) is 0 Å². The second-order valence-electron chi connectivity index (χ2n) is 4.55. The lowest BCUT2D eigenvalue weighted by Crippen LogP contribution is -2.08. The number of rotatable bonds is 7. The predicted octanol–water partition coefficient (Wildman–Crippen LogP) is 1.52. The molecular weight excluding hydrogens is 312 g/mol. The average molecular weight is 330 g/mol. The highest BCUT2D eigenvalue weighted by molar-refractivity contribution is 7.14. The first-order valence-electron chi connectivity index (χ1n) is 6.72. The molecule has 8 N–H and O–H groups in total. The number of nitrogens with one attached hydrogen (secondary N) is 4. The Balaban J connectivity index is 2.20. The van der Waals surface area contributed by atoms with Gasteiger partial charge in [0.25, 0.3) is 0 Å². The van der Waals surface area contributed by atoms with Gasteiger partial charge in [-0.25, -0.2) is 9.97 Å². The molecule has 2 rings (SSSR count). The highest BCUT2D eigenvalue weighted by Gasteiger charge is 2.09. The highest BCUT2D eigenvalue weighted by Crippen LogP contribution is 2.24. The van der Waals surface area contributed by atoms with Gasteiger partial charge in [0.15, 0.2) is 11.6 Å². The summed E-state index contributed by atoms with van der Waals surface area (Å²) >= 11 is 1.43. The lowest BCUT2D eigenvalue weighted by molar-refractivity contribution is 1.08. The molecule has 2 aromatic heterocycles. The Morgan fingerprint density at radius 1 is 1.39 bits per heavy atom. The third kappa shape index (κ3) is 3.83. The fraction of sp³-hybridized carbons (Fsp3) is 0.143. The Labute approximate surface area is 137 Å². The van der Waals surface area contributed by atoms with E-state index < -0.39 is 0 Å². The predicted molar refractivity (Wildman–Crippen MR) is 96.2 cm³/mol. The van der Waals surface area contributed by atoms with E-state index in [9.17, 15) is 0 Å². The SMILES string of the molecule is CN/C=C(\C=N)c1cnc(N)c(NCc2cc(N)c(C=N)s2)n1. The Bertz CT molecular complexity index is 749. The Kier molecular flexibility index (Phi) is 5.26.